The van der Waals surface area contributed by atoms with Crippen LogP contribution in [0.2, 0.25) is 0 Å². The molecule has 0 saturated heterocycles. The minimum atomic E-state index is 0.755. The third kappa shape index (κ3) is 3.12. The highest BCUT2D eigenvalue weighted by Gasteiger charge is 2.07. The first kappa shape index (κ1) is 14.9. The Morgan fingerprint density at radius 3 is 2.60 bits per heavy atom. The highest BCUT2D eigenvalue weighted by molar-refractivity contribution is 9.10. The molecule has 0 aliphatic heterocycles. The predicted octanol–water partition coefficient (Wildman–Crippen LogP) is 4.39. The molecular weight excluding hydrogens is 316 g/mol. The molecule has 0 atom stereocenters. The SMILES string of the molecule is COc1ccc(CNc2cc(C)c(Br)cn2)c(C)c1C. The average molecular weight is 335 g/mol. The Balaban J connectivity index is 2.15. The van der Waals surface area contributed by atoms with E-state index in [1.165, 1.54) is 22.3 Å². The van der Waals surface area contributed by atoms with Gasteiger partial charge in [0.25, 0.3) is 0 Å². The van der Waals surface area contributed by atoms with Crippen molar-refractivity contribution in [3.05, 3.63) is 51.1 Å². The second kappa shape index (κ2) is 6.27. The van der Waals surface area contributed by atoms with E-state index in [0.29, 0.717) is 0 Å². The summed E-state index contributed by atoms with van der Waals surface area (Å²) in [6, 6.07) is 6.15. The summed E-state index contributed by atoms with van der Waals surface area (Å²) in [6.07, 6.45) is 1.82. The summed E-state index contributed by atoms with van der Waals surface area (Å²) in [6.45, 7) is 7.01. The van der Waals surface area contributed by atoms with Crippen molar-refractivity contribution in [1.82, 2.24) is 4.98 Å². The molecule has 1 aromatic heterocycles. The van der Waals surface area contributed by atoms with Gasteiger partial charge in [0.2, 0.25) is 0 Å². The molecule has 0 fully saturated rings. The van der Waals surface area contributed by atoms with E-state index in [0.717, 1.165) is 22.6 Å². The number of halogens is 1. The molecular formula is C16H19BrN2O. The monoisotopic (exact) mass is 334 g/mol. The van der Waals surface area contributed by atoms with Crippen LogP contribution in [0.3, 0.4) is 0 Å². The van der Waals surface area contributed by atoms with E-state index >= 15 is 0 Å². The Morgan fingerprint density at radius 1 is 1.20 bits per heavy atom. The van der Waals surface area contributed by atoms with Gasteiger partial charge < -0.3 is 10.1 Å². The summed E-state index contributed by atoms with van der Waals surface area (Å²) in [4.78, 5) is 4.36. The third-order valence-electron chi connectivity index (χ3n) is 3.58. The maximum Gasteiger partial charge on any atom is 0.126 e. The Labute approximate surface area is 128 Å². The predicted molar refractivity (Wildman–Crippen MR) is 86.5 cm³/mol. The van der Waals surface area contributed by atoms with Crippen LogP contribution in [0.4, 0.5) is 5.82 Å². The number of hydrogen-bond donors (Lipinski definition) is 1. The fraction of sp³-hybridized carbons (Fsp3) is 0.312. The number of rotatable bonds is 4. The van der Waals surface area contributed by atoms with Gasteiger partial charge >= 0.3 is 0 Å². The minimum Gasteiger partial charge on any atom is -0.496 e. The first-order valence-electron chi connectivity index (χ1n) is 6.52. The minimum absolute atomic E-state index is 0.755. The standard InChI is InChI=1S/C16H19BrN2O/c1-10-7-16(19-9-14(10)17)18-8-13-5-6-15(20-4)12(3)11(13)2/h5-7,9H,8H2,1-4H3,(H,18,19). The number of hydrogen-bond acceptors (Lipinski definition) is 3. The Hall–Kier alpha value is -1.55. The zero-order valence-corrected chi connectivity index (χ0v) is 13.8. The molecule has 0 saturated carbocycles. The number of pyridine rings is 1. The topological polar surface area (TPSA) is 34.1 Å². The fourth-order valence-electron chi connectivity index (χ4n) is 2.09. The van der Waals surface area contributed by atoms with Crippen LogP contribution in [0, 0.1) is 20.8 Å². The number of aromatic nitrogens is 1. The van der Waals surface area contributed by atoms with Gasteiger partial charge in [0.1, 0.15) is 11.6 Å². The molecule has 0 unspecified atom stereocenters. The lowest BCUT2D eigenvalue weighted by Gasteiger charge is -2.14. The number of nitrogens with zero attached hydrogens (tertiary/aromatic N) is 1. The molecule has 20 heavy (non-hydrogen) atoms. The number of ether oxygens (including phenoxy) is 1. The molecule has 0 radical (unpaired) electrons. The van der Waals surface area contributed by atoms with Gasteiger partial charge in [-0.2, -0.15) is 0 Å². The zero-order chi connectivity index (χ0) is 14.7. The van der Waals surface area contributed by atoms with Crippen molar-refractivity contribution >= 4 is 21.7 Å². The van der Waals surface area contributed by atoms with Crippen molar-refractivity contribution in [2.75, 3.05) is 12.4 Å². The van der Waals surface area contributed by atoms with Crippen molar-refractivity contribution in [3.63, 3.8) is 0 Å². The van der Waals surface area contributed by atoms with Gasteiger partial charge in [0.05, 0.1) is 7.11 Å². The van der Waals surface area contributed by atoms with E-state index in [2.05, 4.69) is 53.1 Å². The smallest absolute Gasteiger partial charge is 0.126 e. The molecule has 0 aliphatic carbocycles. The van der Waals surface area contributed by atoms with Crippen molar-refractivity contribution in [1.29, 1.82) is 0 Å². The van der Waals surface area contributed by atoms with Gasteiger partial charge in [-0.1, -0.05) is 6.07 Å². The van der Waals surface area contributed by atoms with Crippen LogP contribution in [-0.4, -0.2) is 12.1 Å². The summed E-state index contributed by atoms with van der Waals surface area (Å²) in [5, 5.41) is 3.36. The van der Waals surface area contributed by atoms with E-state index < -0.39 is 0 Å². The van der Waals surface area contributed by atoms with Crippen molar-refractivity contribution in [3.8, 4) is 5.75 Å². The lowest BCUT2D eigenvalue weighted by Crippen LogP contribution is -2.04. The average Bonchev–Trinajstić information content (AvgIpc) is 2.44. The molecule has 2 aromatic rings. The molecule has 3 nitrogen and oxygen atoms in total. The molecule has 0 bridgehead atoms. The number of nitrogens with one attached hydrogen (secondary N) is 1. The molecule has 0 amide bonds. The van der Waals surface area contributed by atoms with Crippen molar-refractivity contribution in [2.24, 2.45) is 0 Å². The van der Waals surface area contributed by atoms with Crippen LogP contribution in [0.1, 0.15) is 22.3 Å². The lowest BCUT2D eigenvalue weighted by molar-refractivity contribution is 0.411. The van der Waals surface area contributed by atoms with Gasteiger partial charge in [-0.15, -0.1) is 0 Å². The van der Waals surface area contributed by atoms with E-state index in [1.54, 1.807) is 7.11 Å². The quantitative estimate of drug-likeness (QED) is 0.900. The Kier molecular flexibility index (Phi) is 4.65. The van der Waals surface area contributed by atoms with E-state index in [4.69, 9.17) is 4.74 Å². The van der Waals surface area contributed by atoms with Gasteiger partial charge in [-0.3, -0.25) is 0 Å². The summed E-state index contributed by atoms with van der Waals surface area (Å²) in [5.41, 5.74) is 4.87. The van der Waals surface area contributed by atoms with Crippen molar-refractivity contribution in [2.45, 2.75) is 27.3 Å². The number of benzene rings is 1. The van der Waals surface area contributed by atoms with E-state index in [9.17, 15) is 0 Å². The number of aryl methyl sites for hydroxylation is 1. The second-order valence-electron chi connectivity index (χ2n) is 4.85. The zero-order valence-electron chi connectivity index (χ0n) is 12.2. The largest absolute Gasteiger partial charge is 0.496 e. The highest BCUT2D eigenvalue weighted by Crippen LogP contribution is 2.24. The van der Waals surface area contributed by atoms with Crippen LogP contribution in [0.15, 0.2) is 28.9 Å². The maximum atomic E-state index is 5.33. The van der Waals surface area contributed by atoms with Crippen LogP contribution >= 0.6 is 15.9 Å². The molecule has 2 rings (SSSR count). The molecule has 106 valence electrons. The fourth-order valence-corrected chi connectivity index (χ4v) is 2.30. The van der Waals surface area contributed by atoms with Crippen molar-refractivity contribution < 1.29 is 4.74 Å². The molecule has 0 spiro atoms. The van der Waals surface area contributed by atoms with Crippen LogP contribution in [0.25, 0.3) is 0 Å². The Morgan fingerprint density at radius 2 is 1.95 bits per heavy atom. The second-order valence-corrected chi connectivity index (χ2v) is 5.70. The summed E-state index contributed by atoms with van der Waals surface area (Å²) in [5.74, 6) is 1.82. The molecule has 1 heterocycles. The third-order valence-corrected chi connectivity index (χ3v) is 4.41. The van der Waals surface area contributed by atoms with E-state index in [-0.39, 0.29) is 0 Å². The summed E-state index contributed by atoms with van der Waals surface area (Å²) >= 11 is 3.46. The molecule has 4 heteroatoms. The van der Waals surface area contributed by atoms with Crippen LogP contribution in [0.5, 0.6) is 5.75 Å². The summed E-state index contributed by atoms with van der Waals surface area (Å²) < 4.78 is 6.36. The molecule has 1 N–H and O–H groups in total. The molecule has 0 aliphatic rings. The van der Waals surface area contributed by atoms with Gasteiger partial charge in [0, 0.05) is 17.2 Å². The summed E-state index contributed by atoms with van der Waals surface area (Å²) in [7, 11) is 1.70. The van der Waals surface area contributed by atoms with Crippen LogP contribution < -0.4 is 10.1 Å². The molecule has 1 aromatic carbocycles. The normalized spacial score (nSPS) is 10.4. The van der Waals surface area contributed by atoms with Gasteiger partial charge in [-0.25, -0.2) is 4.98 Å². The number of anilines is 1. The van der Waals surface area contributed by atoms with E-state index in [1.807, 2.05) is 18.3 Å². The highest BCUT2D eigenvalue weighted by atomic mass is 79.9. The first-order chi connectivity index (χ1) is 9.52. The van der Waals surface area contributed by atoms with Crippen LogP contribution in [-0.2, 0) is 6.54 Å². The maximum absolute atomic E-state index is 5.33. The Bertz CT molecular complexity index is 626. The lowest BCUT2D eigenvalue weighted by atomic mass is 10.0. The number of methoxy groups -OCH3 is 1. The first-order valence-corrected chi connectivity index (χ1v) is 7.31. The van der Waals surface area contributed by atoms with Gasteiger partial charge in [0.15, 0.2) is 0 Å². The van der Waals surface area contributed by atoms with Gasteiger partial charge in [-0.05, 0) is 71.1 Å².